The zero-order valence-electron chi connectivity index (χ0n) is 8.95. The van der Waals surface area contributed by atoms with E-state index in [1.54, 1.807) is 0 Å². The van der Waals surface area contributed by atoms with E-state index in [2.05, 4.69) is 0 Å². The van der Waals surface area contributed by atoms with E-state index in [-0.39, 0.29) is 16.7 Å². The minimum Gasteiger partial charge on any atom is -0.478 e. The number of carboxylic acids is 1. The Labute approximate surface area is 100 Å². The second-order valence-corrected chi connectivity index (χ2v) is 3.63. The van der Waals surface area contributed by atoms with Crippen LogP contribution in [0.2, 0.25) is 0 Å². The normalized spacial score (nSPS) is 10.4. The first-order valence-electron chi connectivity index (χ1n) is 4.97. The lowest BCUT2D eigenvalue weighted by Crippen LogP contribution is -2.00. The summed E-state index contributed by atoms with van der Waals surface area (Å²) in [5, 5.41) is 8.77. The van der Waals surface area contributed by atoms with E-state index in [1.165, 1.54) is 12.1 Å². The zero-order chi connectivity index (χ0) is 13.3. The minimum absolute atomic E-state index is 0.205. The van der Waals surface area contributed by atoms with Crippen molar-refractivity contribution in [3.8, 4) is 11.1 Å². The standard InChI is InChI=1S/C13H7F3O2/c14-9-3-1-7(2-4-9)10-5-8(13(17)18)6-11(15)12(10)16/h1-6H,(H,17,18). The van der Waals surface area contributed by atoms with Crippen molar-refractivity contribution in [1.82, 2.24) is 0 Å². The third-order valence-electron chi connectivity index (χ3n) is 2.43. The molecule has 0 aromatic heterocycles. The van der Waals surface area contributed by atoms with E-state index in [9.17, 15) is 18.0 Å². The smallest absolute Gasteiger partial charge is 0.335 e. The van der Waals surface area contributed by atoms with Crippen molar-refractivity contribution >= 4 is 5.97 Å². The number of hydrogen-bond donors (Lipinski definition) is 1. The van der Waals surface area contributed by atoms with Crippen molar-refractivity contribution < 1.29 is 23.1 Å². The van der Waals surface area contributed by atoms with E-state index >= 15 is 0 Å². The van der Waals surface area contributed by atoms with Crippen LogP contribution in [0.25, 0.3) is 11.1 Å². The Balaban J connectivity index is 2.62. The zero-order valence-corrected chi connectivity index (χ0v) is 8.95. The summed E-state index contributed by atoms with van der Waals surface area (Å²) in [6, 6.07) is 6.27. The lowest BCUT2D eigenvalue weighted by molar-refractivity contribution is 0.0696. The molecule has 2 nitrogen and oxygen atoms in total. The van der Waals surface area contributed by atoms with Crippen molar-refractivity contribution in [1.29, 1.82) is 0 Å². The summed E-state index contributed by atoms with van der Waals surface area (Å²) in [5.41, 5.74) is -0.378. The number of halogens is 3. The molecular weight excluding hydrogens is 245 g/mol. The molecule has 0 unspecified atom stereocenters. The molecule has 0 radical (unpaired) electrons. The van der Waals surface area contributed by atoms with Crippen LogP contribution in [0.15, 0.2) is 36.4 Å². The van der Waals surface area contributed by atoms with Gasteiger partial charge in [0.05, 0.1) is 5.56 Å². The topological polar surface area (TPSA) is 37.3 Å². The molecule has 2 rings (SSSR count). The van der Waals surface area contributed by atoms with Crippen LogP contribution in [0.1, 0.15) is 10.4 Å². The van der Waals surface area contributed by atoms with Gasteiger partial charge in [-0.15, -0.1) is 0 Å². The number of carbonyl (C=O) groups is 1. The van der Waals surface area contributed by atoms with Crippen LogP contribution in [-0.2, 0) is 0 Å². The van der Waals surface area contributed by atoms with E-state index in [0.717, 1.165) is 18.2 Å². The monoisotopic (exact) mass is 252 g/mol. The maximum absolute atomic E-state index is 13.6. The van der Waals surface area contributed by atoms with Crippen molar-refractivity contribution in [3.63, 3.8) is 0 Å². The SMILES string of the molecule is O=C(O)c1cc(F)c(F)c(-c2ccc(F)cc2)c1. The molecule has 0 aliphatic heterocycles. The van der Waals surface area contributed by atoms with Crippen molar-refractivity contribution in [2.75, 3.05) is 0 Å². The van der Waals surface area contributed by atoms with Crippen LogP contribution in [0, 0.1) is 17.5 Å². The lowest BCUT2D eigenvalue weighted by Gasteiger charge is -2.06. The summed E-state index contributed by atoms with van der Waals surface area (Å²) in [4.78, 5) is 10.8. The van der Waals surface area contributed by atoms with Crippen LogP contribution in [0.4, 0.5) is 13.2 Å². The van der Waals surface area contributed by atoms with Crippen LogP contribution in [0.5, 0.6) is 0 Å². The van der Waals surface area contributed by atoms with Crippen LogP contribution in [0.3, 0.4) is 0 Å². The fourth-order valence-electron chi connectivity index (χ4n) is 1.55. The van der Waals surface area contributed by atoms with E-state index in [1.807, 2.05) is 0 Å². The van der Waals surface area contributed by atoms with E-state index in [4.69, 9.17) is 5.11 Å². The van der Waals surface area contributed by atoms with Crippen LogP contribution in [-0.4, -0.2) is 11.1 Å². The molecule has 1 N–H and O–H groups in total. The quantitative estimate of drug-likeness (QED) is 0.888. The van der Waals surface area contributed by atoms with Gasteiger partial charge in [0.1, 0.15) is 5.82 Å². The second kappa shape index (κ2) is 4.52. The molecule has 18 heavy (non-hydrogen) atoms. The molecule has 92 valence electrons. The van der Waals surface area contributed by atoms with Gasteiger partial charge in [-0.1, -0.05) is 12.1 Å². The first-order chi connectivity index (χ1) is 8.49. The summed E-state index contributed by atoms with van der Waals surface area (Å²) in [6.07, 6.45) is 0. The van der Waals surface area contributed by atoms with Gasteiger partial charge >= 0.3 is 5.97 Å². The van der Waals surface area contributed by atoms with Gasteiger partial charge in [0, 0.05) is 5.56 Å². The molecule has 2 aromatic rings. The highest BCUT2D eigenvalue weighted by Crippen LogP contribution is 2.26. The molecule has 0 heterocycles. The molecule has 5 heteroatoms. The highest BCUT2D eigenvalue weighted by molar-refractivity contribution is 5.89. The summed E-state index contributed by atoms with van der Waals surface area (Å²) < 4.78 is 39.6. The third kappa shape index (κ3) is 2.20. The molecule has 0 spiro atoms. The van der Waals surface area contributed by atoms with Gasteiger partial charge in [0.25, 0.3) is 0 Å². The summed E-state index contributed by atoms with van der Waals surface area (Å²) >= 11 is 0. The average molecular weight is 252 g/mol. The van der Waals surface area contributed by atoms with Gasteiger partial charge < -0.3 is 5.11 Å². The maximum Gasteiger partial charge on any atom is 0.335 e. The maximum atomic E-state index is 13.6. The predicted octanol–water partition coefficient (Wildman–Crippen LogP) is 3.47. The molecule has 0 aliphatic carbocycles. The Bertz CT molecular complexity index is 606. The first-order valence-corrected chi connectivity index (χ1v) is 4.97. The molecule has 0 fully saturated rings. The number of aromatic carboxylic acids is 1. The molecule has 0 aliphatic rings. The second-order valence-electron chi connectivity index (χ2n) is 3.63. The van der Waals surface area contributed by atoms with Gasteiger partial charge in [-0.05, 0) is 29.8 Å². The summed E-state index contributed by atoms with van der Waals surface area (Å²) in [6.45, 7) is 0. The molecule has 0 saturated heterocycles. The number of rotatable bonds is 2. The molecule has 0 bridgehead atoms. The summed E-state index contributed by atoms with van der Waals surface area (Å²) in [5.74, 6) is -4.30. The van der Waals surface area contributed by atoms with Gasteiger partial charge in [0.2, 0.25) is 0 Å². The minimum atomic E-state index is -1.36. The van der Waals surface area contributed by atoms with Crippen LogP contribution >= 0.6 is 0 Å². The molecule has 2 aromatic carbocycles. The third-order valence-corrected chi connectivity index (χ3v) is 2.43. The fourth-order valence-corrected chi connectivity index (χ4v) is 1.55. The highest BCUT2D eigenvalue weighted by Gasteiger charge is 2.15. The van der Waals surface area contributed by atoms with Gasteiger partial charge in [-0.25, -0.2) is 18.0 Å². The molecule has 0 amide bonds. The largest absolute Gasteiger partial charge is 0.478 e. The lowest BCUT2D eigenvalue weighted by atomic mass is 10.0. The summed E-state index contributed by atoms with van der Waals surface area (Å²) in [7, 11) is 0. The number of hydrogen-bond acceptors (Lipinski definition) is 1. The molecule has 0 saturated carbocycles. The molecule has 0 atom stereocenters. The number of carboxylic acid groups (broad SMARTS) is 1. The average Bonchev–Trinajstić information content (AvgIpc) is 2.33. The van der Waals surface area contributed by atoms with E-state index in [0.29, 0.717) is 6.07 Å². The van der Waals surface area contributed by atoms with Crippen LogP contribution < -0.4 is 0 Å². The Morgan fingerprint density at radius 2 is 1.61 bits per heavy atom. The predicted molar refractivity (Wildman–Crippen MR) is 58.7 cm³/mol. The van der Waals surface area contributed by atoms with Gasteiger partial charge in [-0.3, -0.25) is 0 Å². The Kier molecular flexibility index (Phi) is 3.06. The van der Waals surface area contributed by atoms with Crippen molar-refractivity contribution in [2.24, 2.45) is 0 Å². The molecular formula is C13H7F3O2. The highest BCUT2D eigenvalue weighted by atomic mass is 19.2. The Morgan fingerprint density at radius 3 is 2.17 bits per heavy atom. The first kappa shape index (κ1) is 12.2. The van der Waals surface area contributed by atoms with Crippen molar-refractivity contribution in [2.45, 2.75) is 0 Å². The Morgan fingerprint density at radius 1 is 1.00 bits per heavy atom. The van der Waals surface area contributed by atoms with Gasteiger partial charge in [0.15, 0.2) is 11.6 Å². The van der Waals surface area contributed by atoms with Gasteiger partial charge in [-0.2, -0.15) is 0 Å². The van der Waals surface area contributed by atoms with E-state index < -0.39 is 23.4 Å². The fraction of sp³-hybridized carbons (Fsp3) is 0. The van der Waals surface area contributed by atoms with Crippen molar-refractivity contribution in [3.05, 3.63) is 59.4 Å². The Hall–Kier alpha value is -2.30. The number of benzene rings is 2.